The molecule has 1 atom stereocenters. The summed E-state index contributed by atoms with van der Waals surface area (Å²) in [5.74, 6) is 1.31. The van der Waals surface area contributed by atoms with Crippen LogP contribution in [0, 0.1) is 0 Å². The molecule has 0 amide bonds. The Morgan fingerprint density at radius 1 is 0.920 bits per heavy atom. The lowest BCUT2D eigenvalue weighted by Crippen LogP contribution is -2.26. The largest absolute Gasteiger partial charge is 0.454 e. The monoisotopic (exact) mass is 355 g/mol. The van der Waals surface area contributed by atoms with Crippen LogP contribution in [-0.4, -0.2) is 15.2 Å². The molecule has 0 fully saturated rings. The highest BCUT2D eigenvalue weighted by atomic mass is 32.2. The molecule has 0 spiro atoms. The van der Waals surface area contributed by atoms with E-state index in [2.05, 4.69) is 4.72 Å². The molecule has 1 aliphatic rings. The van der Waals surface area contributed by atoms with Gasteiger partial charge in [0.15, 0.2) is 11.5 Å². The Kier molecular flexibility index (Phi) is 3.86. The van der Waals surface area contributed by atoms with Crippen LogP contribution in [0.1, 0.15) is 18.5 Å². The molecule has 5 nitrogen and oxygen atoms in total. The highest BCUT2D eigenvalue weighted by Gasteiger charge is 2.21. The topological polar surface area (TPSA) is 64.6 Å². The van der Waals surface area contributed by atoms with Gasteiger partial charge in [0.2, 0.25) is 16.8 Å². The normalized spacial score (nSPS) is 14.6. The summed E-state index contributed by atoms with van der Waals surface area (Å²) in [6.07, 6.45) is 0. The van der Waals surface area contributed by atoms with Gasteiger partial charge in [-0.15, -0.1) is 0 Å². The van der Waals surface area contributed by atoms with E-state index in [0.29, 0.717) is 11.5 Å². The summed E-state index contributed by atoms with van der Waals surface area (Å²) in [7, 11) is -3.64. The summed E-state index contributed by atoms with van der Waals surface area (Å²) < 4.78 is 38.8. The third-order valence-electron chi connectivity index (χ3n) is 4.26. The quantitative estimate of drug-likeness (QED) is 0.776. The van der Waals surface area contributed by atoms with Crippen molar-refractivity contribution in [3.05, 3.63) is 66.2 Å². The third kappa shape index (κ3) is 3.06. The molecule has 0 saturated carbocycles. The summed E-state index contributed by atoms with van der Waals surface area (Å²) >= 11 is 0. The van der Waals surface area contributed by atoms with E-state index in [1.165, 1.54) is 0 Å². The SMILES string of the molecule is C[C@@H](NS(=O)(=O)c1ccc2ccccc2c1)c1ccc2c(c1)OCO2. The first-order valence-corrected chi connectivity index (χ1v) is 9.42. The molecular formula is C19H17NO4S. The zero-order valence-electron chi connectivity index (χ0n) is 13.6. The van der Waals surface area contributed by atoms with Crippen LogP contribution in [0.3, 0.4) is 0 Å². The zero-order valence-corrected chi connectivity index (χ0v) is 14.4. The number of hydrogen-bond donors (Lipinski definition) is 1. The minimum atomic E-state index is -3.64. The van der Waals surface area contributed by atoms with E-state index in [9.17, 15) is 8.42 Å². The van der Waals surface area contributed by atoms with Gasteiger partial charge in [-0.2, -0.15) is 0 Å². The average Bonchev–Trinajstić information content (AvgIpc) is 3.08. The lowest BCUT2D eigenvalue weighted by Gasteiger charge is -2.15. The highest BCUT2D eigenvalue weighted by Crippen LogP contribution is 2.34. The zero-order chi connectivity index (χ0) is 17.4. The highest BCUT2D eigenvalue weighted by molar-refractivity contribution is 7.89. The van der Waals surface area contributed by atoms with Crippen molar-refractivity contribution in [3.8, 4) is 11.5 Å². The molecule has 25 heavy (non-hydrogen) atoms. The van der Waals surface area contributed by atoms with Gasteiger partial charge < -0.3 is 9.47 Å². The Morgan fingerprint density at radius 3 is 2.52 bits per heavy atom. The van der Waals surface area contributed by atoms with Crippen LogP contribution in [0.4, 0.5) is 0 Å². The Bertz CT molecular complexity index is 1050. The molecule has 3 aromatic carbocycles. The van der Waals surface area contributed by atoms with Gasteiger partial charge in [0, 0.05) is 6.04 Å². The number of benzene rings is 3. The van der Waals surface area contributed by atoms with E-state index in [1.807, 2.05) is 36.4 Å². The molecule has 1 N–H and O–H groups in total. The maximum atomic E-state index is 12.7. The first-order valence-electron chi connectivity index (χ1n) is 7.94. The lowest BCUT2D eigenvalue weighted by molar-refractivity contribution is 0.174. The molecular weight excluding hydrogens is 338 g/mol. The van der Waals surface area contributed by atoms with Crippen molar-refractivity contribution >= 4 is 20.8 Å². The van der Waals surface area contributed by atoms with Crippen molar-refractivity contribution in [2.45, 2.75) is 17.9 Å². The van der Waals surface area contributed by atoms with Crippen molar-refractivity contribution in [3.63, 3.8) is 0 Å². The number of ether oxygens (including phenoxy) is 2. The number of fused-ring (bicyclic) bond motifs is 2. The lowest BCUT2D eigenvalue weighted by atomic mass is 10.1. The smallest absolute Gasteiger partial charge is 0.241 e. The molecule has 1 heterocycles. The second-order valence-electron chi connectivity index (χ2n) is 5.96. The van der Waals surface area contributed by atoms with Gasteiger partial charge in [-0.05, 0) is 47.5 Å². The van der Waals surface area contributed by atoms with Gasteiger partial charge >= 0.3 is 0 Å². The molecule has 0 aliphatic carbocycles. The number of rotatable bonds is 4. The number of hydrogen-bond acceptors (Lipinski definition) is 4. The summed E-state index contributed by atoms with van der Waals surface area (Å²) in [6.45, 7) is 1.99. The van der Waals surface area contributed by atoms with Gasteiger partial charge in [0.05, 0.1) is 4.90 Å². The van der Waals surface area contributed by atoms with Crippen LogP contribution in [0.2, 0.25) is 0 Å². The van der Waals surface area contributed by atoms with E-state index in [4.69, 9.17) is 9.47 Å². The van der Waals surface area contributed by atoms with Crippen LogP contribution in [0.25, 0.3) is 10.8 Å². The van der Waals surface area contributed by atoms with Gasteiger partial charge in [0.25, 0.3) is 0 Å². The van der Waals surface area contributed by atoms with E-state index in [0.717, 1.165) is 16.3 Å². The molecule has 6 heteroatoms. The van der Waals surface area contributed by atoms with Crippen molar-refractivity contribution in [2.24, 2.45) is 0 Å². The van der Waals surface area contributed by atoms with E-state index >= 15 is 0 Å². The summed E-state index contributed by atoms with van der Waals surface area (Å²) in [6, 6.07) is 17.8. The second kappa shape index (κ2) is 6.06. The van der Waals surface area contributed by atoms with Crippen LogP contribution >= 0.6 is 0 Å². The molecule has 0 bridgehead atoms. The minimum absolute atomic E-state index is 0.190. The van der Waals surface area contributed by atoms with Gasteiger partial charge in [-0.1, -0.05) is 36.4 Å². The Morgan fingerprint density at radius 2 is 1.68 bits per heavy atom. The first-order chi connectivity index (χ1) is 12.0. The van der Waals surface area contributed by atoms with Crippen molar-refractivity contribution in [1.82, 2.24) is 4.72 Å². The Labute approximate surface area is 146 Å². The van der Waals surface area contributed by atoms with Crippen molar-refractivity contribution in [2.75, 3.05) is 6.79 Å². The average molecular weight is 355 g/mol. The predicted molar refractivity (Wildman–Crippen MR) is 95.2 cm³/mol. The molecule has 4 rings (SSSR count). The number of sulfonamides is 1. The maximum Gasteiger partial charge on any atom is 0.241 e. The maximum absolute atomic E-state index is 12.7. The molecule has 0 aromatic heterocycles. The van der Waals surface area contributed by atoms with E-state index in [-0.39, 0.29) is 11.7 Å². The summed E-state index contributed by atoms with van der Waals surface area (Å²) in [5, 5.41) is 1.89. The fourth-order valence-electron chi connectivity index (χ4n) is 2.89. The third-order valence-corrected chi connectivity index (χ3v) is 5.80. The molecule has 128 valence electrons. The summed E-state index contributed by atoms with van der Waals surface area (Å²) in [4.78, 5) is 0.249. The van der Waals surface area contributed by atoms with Crippen LogP contribution in [-0.2, 0) is 10.0 Å². The second-order valence-corrected chi connectivity index (χ2v) is 7.68. The van der Waals surface area contributed by atoms with Crippen LogP contribution in [0.5, 0.6) is 11.5 Å². The Hall–Kier alpha value is -2.57. The molecule has 0 unspecified atom stereocenters. The standard InChI is InChI=1S/C19H17NO4S/c1-13(15-7-9-18-19(11-15)24-12-23-18)20-25(21,22)17-8-6-14-4-2-3-5-16(14)10-17/h2-11,13,20H,12H2,1H3/t13-/m1/s1. The molecule has 0 radical (unpaired) electrons. The predicted octanol–water partition coefficient (Wildman–Crippen LogP) is 3.61. The molecule has 0 saturated heterocycles. The number of nitrogens with one attached hydrogen (secondary N) is 1. The molecule has 1 aliphatic heterocycles. The van der Waals surface area contributed by atoms with Gasteiger partial charge in [-0.25, -0.2) is 13.1 Å². The van der Waals surface area contributed by atoms with Gasteiger partial charge in [-0.3, -0.25) is 0 Å². The van der Waals surface area contributed by atoms with E-state index < -0.39 is 16.1 Å². The van der Waals surface area contributed by atoms with Crippen LogP contribution in [0.15, 0.2) is 65.6 Å². The van der Waals surface area contributed by atoms with Crippen LogP contribution < -0.4 is 14.2 Å². The summed E-state index contributed by atoms with van der Waals surface area (Å²) in [5.41, 5.74) is 0.814. The van der Waals surface area contributed by atoms with Gasteiger partial charge in [0.1, 0.15) is 0 Å². The van der Waals surface area contributed by atoms with Crippen molar-refractivity contribution in [1.29, 1.82) is 0 Å². The fourth-order valence-corrected chi connectivity index (χ4v) is 4.15. The first kappa shape index (κ1) is 15.9. The minimum Gasteiger partial charge on any atom is -0.454 e. The fraction of sp³-hybridized carbons (Fsp3) is 0.158. The molecule has 3 aromatic rings. The van der Waals surface area contributed by atoms with Crippen molar-refractivity contribution < 1.29 is 17.9 Å². The Balaban J connectivity index is 1.61. The van der Waals surface area contributed by atoms with E-state index in [1.54, 1.807) is 31.2 Å².